The van der Waals surface area contributed by atoms with Crippen LogP contribution >= 0.6 is 0 Å². The van der Waals surface area contributed by atoms with Gasteiger partial charge in [0.2, 0.25) is 0 Å². The standard InChI is InChI=1S/C18H22N4O3/c23-17(13-5-7-14(8-6-13)22-9-1-2-10-22)19-12-16-20-18(25-21-16)15-4-3-11-24-15/h5-8,15H,1-4,9-12H2,(H,19,23). The molecule has 2 aromatic rings. The summed E-state index contributed by atoms with van der Waals surface area (Å²) in [6, 6.07) is 7.72. The molecule has 1 amide bonds. The number of hydrogen-bond acceptors (Lipinski definition) is 6. The molecule has 1 unspecified atom stereocenters. The normalized spacial score (nSPS) is 20.2. The van der Waals surface area contributed by atoms with Crippen LogP contribution in [0.15, 0.2) is 28.8 Å². The van der Waals surface area contributed by atoms with Crippen LogP contribution in [0.2, 0.25) is 0 Å². The summed E-state index contributed by atoms with van der Waals surface area (Å²) in [5.74, 6) is 0.820. The third-order valence-electron chi connectivity index (χ3n) is 4.70. The molecule has 1 aromatic heterocycles. The van der Waals surface area contributed by atoms with Gasteiger partial charge in [-0.3, -0.25) is 4.79 Å². The first kappa shape index (κ1) is 16.1. The highest BCUT2D eigenvalue weighted by molar-refractivity contribution is 5.94. The Labute approximate surface area is 146 Å². The fraction of sp³-hybridized carbons (Fsp3) is 0.500. The minimum absolute atomic E-state index is 0.102. The molecule has 1 N–H and O–H groups in total. The highest BCUT2D eigenvalue weighted by Crippen LogP contribution is 2.26. The van der Waals surface area contributed by atoms with Crippen molar-refractivity contribution in [3.63, 3.8) is 0 Å². The number of aromatic nitrogens is 2. The molecule has 2 aliphatic rings. The van der Waals surface area contributed by atoms with Crippen molar-refractivity contribution < 1.29 is 14.1 Å². The number of carbonyl (C=O) groups is 1. The first-order chi connectivity index (χ1) is 12.3. The van der Waals surface area contributed by atoms with Crippen LogP contribution < -0.4 is 10.2 Å². The molecule has 1 atom stereocenters. The zero-order valence-corrected chi connectivity index (χ0v) is 14.1. The molecule has 0 radical (unpaired) electrons. The molecule has 0 aliphatic carbocycles. The molecule has 25 heavy (non-hydrogen) atoms. The van der Waals surface area contributed by atoms with Crippen LogP contribution in [-0.4, -0.2) is 35.7 Å². The van der Waals surface area contributed by atoms with Crippen LogP contribution in [0.25, 0.3) is 0 Å². The zero-order valence-electron chi connectivity index (χ0n) is 14.1. The first-order valence-corrected chi connectivity index (χ1v) is 8.87. The van der Waals surface area contributed by atoms with Gasteiger partial charge in [0, 0.05) is 30.9 Å². The summed E-state index contributed by atoms with van der Waals surface area (Å²) >= 11 is 0. The van der Waals surface area contributed by atoms with Crippen LogP contribution in [-0.2, 0) is 11.3 Å². The van der Waals surface area contributed by atoms with E-state index < -0.39 is 0 Å². The molecule has 0 saturated carbocycles. The molecule has 2 saturated heterocycles. The Hall–Kier alpha value is -2.41. The van der Waals surface area contributed by atoms with Gasteiger partial charge in [-0.05, 0) is 49.9 Å². The molecule has 7 heteroatoms. The molecule has 2 fully saturated rings. The van der Waals surface area contributed by atoms with Crippen molar-refractivity contribution >= 4 is 11.6 Å². The maximum absolute atomic E-state index is 12.3. The molecule has 132 valence electrons. The van der Waals surface area contributed by atoms with E-state index in [0.29, 0.717) is 17.3 Å². The van der Waals surface area contributed by atoms with E-state index in [1.807, 2.05) is 24.3 Å². The molecule has 1 aromatic carbocycles. The maximum atomic E-state index is 12.3. The van der Waals surface area contributed by atoms with Crippen LogP contribution in [0, 0.1) is 0 Å². The molecule has 4 rings (SSSR count). The van der Waals surface area contributed by atoms with E-state index in [1.165, 1.54) is 18.5 Å². The zero-order chi connectivity index (χ0) is 17.1. The van der Waals surface area contributed by atoms with Gasteiger partial charge in [-0.15, -0.1) is 0 Å². The maximum Gasteiger partial charge on any atom is 0.255 e. The van der Waals surface area contributed by atoms with E-state index in [4.69, 9.17) is 9.26 Å². The van der Waals surface area contributed by atoms with Crippen LogP contribution in [0.5, 0.6) is 0 Å². The predicted octanol–water partition coefficient (Wildman–Crippen LogP) is 2.45. The summed E-state index contributed by atoms with van der Waals surface area (Å²) in [5, 5.41) is 6.74. The van der Waals surface area contributed by atoms with Crippen molar-refractivity contribution in [2.75, 3.05) is 24.6 Å². The lowest BCUT2D eigenvalue weighted by Crippen LogP contribution is -2.23. The minimum Gasteiger partial charge on any atom is -0.372 e. The Balaban J connectivity index is 1.32. The van der Waals surface area contributed by atoms with Crippen molar-refractivity contribution in [3.05, 3.63) is 41.5 Å². The van der Waals surface area contributed by atoms with Crippen molar-refractivity contribution in [1.29, 1.82) is 0 Å². The molecule has 0 spiro atoms. The van der Waals surface area contributed by atoms with E-state index in [0.717, 1.165) is 32.5 Å². The average Bonchev–Trinajstić information content (AvgIpc) is 3.42. The van der Waals surface area contributed by atoms with Gasteiger partial charge in [0.1, 0.15) is 6.10 Å². The van der Waals surface area contributed by atoms with Crippen molar-refractivity contribution in [3.8, 4) is 0 Å². The van der Waals surface area contributed by atoms with Gasteiger partial charge in [0.05, 0.1) is 6.54 Å². The molecular formula is C18H22N4O3. The number of ether oxygens (including phenoxy) is 1. The Morgan fingerprint density at radius 2 is 2.00 bits per heavy atom. The second-order valence-corrected chi connectivity index (χ2v) is 6.47. The van der Waals surface area contributed by atoms with Gasteiger partial charge in [0.15, 0.2) is 5.82 Å². The van der Waals surface area contributed by atoms with E-state index in [-0.39, 0.29) is 18.6 Å². The average molecular weight is 342 g/mol. The number of amides is 1. The Morgan fingerprint density at radius 3 is 2.72 bits per heavy atom. The topological polar surface area (TPSA) is 80.5 Å². The van der Waals surface area contributed by atoms with Crippen molar-refractivity contribution in [2.45, 2.75) is 38.3 Å². The minimum atomic E-state index is -0.142. The van der Waals surface area contributed by atoms with Crippen LogP contribution in [0.3, 0.4) is 0 Å². The largest absolute Gasteiger partial charge is 0.372 e. The lowest BCUT2D eigenvalue weighted by Gasteiger charge is -2.17. The number of benzene rings is 1. The van der Waals surface area contributed by atoms with E-state index in [1.54, 1.807) is 0 Å². The summed E-state index contributed by atoms with van der Waals surface area (Å²) in [6.45, 7) is 3.16. The Morgan fingerprint density at radius 1 is 1.20 bits per heavy atom. The van der Waals surface area contributed by atoms with Crippen LogP contribution in [0.1, 0.15) is 53.9 Å². The van der Waals surface area contributed by atoms with Gasteiger partial charge in [-0.1, -0.05) is 5.16 Å². The molecule has 7 nitrogen and oxygen atoms in total. The second-order valence-electron chi connectivity index (χ2n) is 6.47. The fourth-order valence-electron chi connectivity index (χ4n) is 3.30. The molecule has 0 bridgehead atoms. The number of carbonyl (C=O) groups excluding carboxylic acids is 1. The van der Waals surface area contributed by atoms with E-state index >= 15 is 0 Å². The highest BCUT2D eigenvalue weighted by Gasteiger charge is 2.24. The molecule has 3 heterocycles. The summed E-state index contributed by atoms with van der Waals surface area (Å²) < 4.78 is 10.7. The number of anilines is 1. The smallest absolute Gasteiger partial charge is 0.255 e. The highest BCUT2D eigenvalue weighted by atomic mass is 16.5. The van der Waals surface area contributed by atoms with Crippen LogP contribution in [0.4, 0.5) is 5.69 Å². The monoisotopic (exact) mass is 342 g/mol. The molecular weight excluding hydrogens is 320 g/mol. The summed E-state index contributed by atoms with van der Waals surface area (Å²) in [4.78, 5) is 18.9. The number of rotatable bonds is 5. The second kappa shape index (κ2) is 7.23. The SMILES string of the molecule is O=C(NCc1noc(C2CCCO2)n1)c1ccc(N2CCCC2)cc1. The predicted molar refractivity (Wildman–Crippen MR) is 91.3 cm³/mol. The number of nitrogens with zero attached hydrogens (tertiary/aromatic N) is 3. The lowest BCUT2D eigenvalue weighted by molar-refractivity contribution is 0.0835. The fourth-order valence-corrected chi connectivity index (χ4v) is 3.30. The lowest BCUT2D eigenvalue weighted by atomic mass is 10.2. The summed E-state index contributed by atoms with van der Waals surface area (Å²) in [6.07, 6.45) is 4.28. The molecule has 2 aliphatic heterocycles. The third kappa shape index (κ3) is 3.66. The van der Waals surface area contributed by atoms with Crippen molar-refractivity contribution in [2.24, 2.45) is 0 Å². The van der Waals surface area contributed by atoms with E-state index in [2.05, 4.69) is 20.4 Å². The Kier molecular flexibility index (Phi) is 4.65. The van der Waals surface area contributed by atoms with Gasteiger partial charge < -0.3 is 19.5 Å². The van der Waals surface area contributed by atoms with Gasteiger partial charge in [-0.2, -0.15) is 4.98 Å². The Bertz CT molecular complexity index is 716. The van der Waals surface area contributed by atoms with Gasteiger partial charge in [0.25, 0.3) is 11.8 Å². The first-order valence-electron chi connectivity index (χ1n) is 8.87. The third-order valence-corrected chi connectivity index (χ3v) is 4.70. The van der Waals surface area contributed by atoms with Gasteiger partial charge >= 0.3 is 0 Å². The number of nitrogens with one attached hydrogen (secondary N) is 1. The van der Waals surface area contributed by atoms with E-state index in [9.17, 15) is 4.79 Å². The quantitative estimate of drug-likeness (QED) is 0.899. The van der Waals surface area contributed by atoms with Gasteiger partial charge in [-0.25, -0.2) is 0 Å². The van der Waals surface area contributed by atoms with Crippen molar-refractivity contribution in [1.82, 2.24) is 15.5 Å². The number of hydrogen-bond donors (Lipinski definition) is 1. The summed E-state index contributed by atoms with van der Waals surface area (Å²) in [5.41, 5.74) is 1.80. The summed E-state index contributed by atoms with van der Waals surface area (Å²) in [7, 11) is 0.